The quantitative estimate of drug-likeness (QED) is 0.593. The highest BCUT2D eigenvalue weighted by atomic mass is 19.4. The van der Waals surface area contributed by atoms with Gasteiger partial charge in [0.25, 0.3) is 5.91 Å². The van der Waals surface area contributed by atoms with Gasteiger partial charge >= 0.3 is 6.18 Å². The minimum atomic E-state index is -4.65. The molecule has 2 aromatic heterocycles. The van der Waals surface area contributed by atoms with Gasteiger partial charge in [-0.3, -0.25) is 9.78 Å². The number of hydrogen-bond acceptors (Lipinski definition) is 4. The summed E-state index contributed by atoms with van der Waals surface area (Å²) < 4.78 is 53.0. The van der Waals surface area contributed by atoms with Crippen molar-refractivity contribution >= 4 is 5.91 Å². The van der Waals surface area contributed by atoms with Crippen LogP contribution in [0, 0.1) is 5.82 Å². The Bertz CT molecular complexity index is 1150. The van der Waals surface area contributed by atoms with Gasteiger partial charge in [0, 0.05) is 36.8 Å². The number of rotatable bonds is 3. The third-order valence-electron chi connectivity index (χ3n) is 5.19. The maximum Gasteiger partial charge on any atom is 0.416 e. The molecule has 0 saturated carbocycles. The average molecular weight is 416 g/mol. The minimum Gasteiger partial charge on any atom is -0.337 e. The minimum absolute atomic E-state index is 0.120. The summed E-state index contributed by atoms with van der Waals surface area (Å²) in [6, 6.07) is 5.76. The lowest BCUT2D eigenvalue weighted by molar-refractivity contribution is -0.137. The topological polar surface area (TPSA) is 59.0 Å². The van der Waals surface area contributed by atoms with Gasteiger partial charge in [0.2, 0.25) is 0 Å². The van der Waals surface area contributed by atoms with E-state index < -0.39 is 23.5 Å². The van der Waals surface area contributed by atoms with Crippen LogP contribution in [0.15, 0.2) is 42.7 Å². The van der Waals surface area contributed by atoms with E-state index in [0.29, 0.717) is 40.7 Å². The van der Waals surface area contributed by atoms with Gasteiger partial charge < -0.3 is 4.90 Å². The second-order valence-electron chi connectivity index (χ2n) is 7.21. The SMILES string of the molecule is C[C@H](c1cc(F)cc(C(F)(F)F)c1)c1cnnc(-c2nccc3c2CN(C)C3=O)c1. The second-order valence-corrected chi connectivity index (χ2v) is 7.21. The normalized spacial score (nSPS) is 14.7. The average Bonchev–Trinajstić information content (AvgIpc) is 3.00. The van der Waals surface area contributed by atoms with Crippen molar-refractivity contribution in [3.05, 3.63) is 76.4 Å². The Balaban J connectivity index is 1.74. The Morgan fingerprint density at radius 1 is 1.13 bits per heavy atom. The van der Waals surface area contributed by atoms with Crippen LogP contribution in [-0.2, 0) is 12.7 Å². The first-order valence-corrected chi connectivity index (χ1v) is 9.09. The highest BCUT2D eigenvalue weighted by Crippen LogP contribution is 2.35. The van der Waals surface area contributed by atoms with Crippen LogP contribution in [0.1, 0.15) is 45.5 Å². The fourth-order valence-corrected chi connectivity index (χ4v) is 3.54. The molecule has 0 saturated heterocycles. The van der Waals surface area contributed by atoms with E-state index in [1.165, 1.54) is 12.4 Å². The van der Waals surface area contributed by atoms with Crippen molar-refractivity contribution in [1.82, 2.24) is 20.1 Å². The number of carbonyl (C=O) groups excluding carboxylic acids is 1. The number of amides is 1. The van der Waals surface area contributed by atoms with Crippen LogP contribution >= 0.6 is 0 Å². The molecule has 0 unspecified atom stereocenters. The number of fused-ring (bicyclic) bond motifs is 1. The number of carbonyl (C=O) groups is 1. The molecule has 0 radical (unpaired) electrons. The van der Waals surface area contributed by atoms with E-state index in [4.69, 9.17) is 0 Å². The van der Waals surface area contributed by atoms with Gasteiger partial charge in [0.05, 0.1) is 17.5 Å². The maximum absolute atomic E-state index is 13.8. The Kier molecular flexibility index (Phi) is 4.76. The zero-order chi connectivity index (χ0) is 21.6. The first-order valence-electron chi connectivity index (χ1n) is 9.09. The molecular weight excluding hydrogens is 400 g/mol. The summed E-state index contributed by atoms with van der Waals surface area (Å²) in [5.41, 5.74) is 1.81. The Hall–Kier alpha value is -3.36. The predicted molar refractivity (Wildman–Crippen MR) is 100.0 cm³/mol. The van der Waals surface area contributed by atoms with Crippen LogP contribution in [0.5, 0.6) is 0 Å². The van der Waals surface area contributed by atoms with Crippen molar-refractivity contribution in [2.24, 2.45) is 0 Å². The molecule has 0 spiro atoms. The van der Waals surface area contributed by atoms with Crippen molar-refractivity contribution in [2.45, 2.75) is 25.6 Å². The smallest absolute Gasteiger partial charge is 0.337 e. The summed E-state index contributed by atoms with van der Waals surface area (Å²) in [7, 11) is 1.68. The van der Waals surface area contributed by atoms with Crippen LogP contribution in [0.3, 0.4) is 0 Å². The third-order valence-corrected chi connectivity index (χ3v) is 5.19. The van der Waals surface area contributed by atoms with E-state index in [2.05, 4.69) is 15.2 Å². The van der Waals surface area contributed by atoms with Crippen LogP contribution in [0.2, 0.25) is 0 Å². The van der Waals surface area contributed by atoms with Gasteiger partial charge in [-0.25, -0.2) is 4.39 Å². The van der Waals surface area contributed by atoms with E-state index in [0.717, 1.165) is 12.1 Å². The number of nitrogens with zero attached hydrogens (tertiary/aromatic N) is 4. The summed E-state index contributed by atoms with van der Waals surface area (Å²) in [4.78, 5) is 18.1. The molecule has 154 valence electrons. The Labute approximate surface area is 169 Å². The van der Waals surface area contributed by atoms with Crippen molar-refractivity contribution in [1.29, 1.82) is 0 Å². The maximum atomic E-state index is 13.8. The number of halogens is 4. The first kappa shape index (κ1) is 19.9. The molecule has 1 aliphatic rings. The molecule has 4 rings (SSSR count). The molecule has 1 atom stereocenters. The lowest BCUT2D eigenvalue weighted by Crippen LogP contribution is -2.17. The zero-order valence-electron chi connectivity index (χ0n) is 16.0. The second kappa shape index (κ2) is 7.16. The molecule has 1 aromatic carbocycles. The van der Waals surface area contributed by atoms with Crippen LogP contribution in [-0.4, -0.2) is 33.0 Å². The van der Waals surface area contributed by atoms with Crippen molar-refractivity contribution < 1.29 is 22.4 Å². The lowest BCUT2D eigenvalue weighted by atomic mass is 9.92. The summed E-state index contributed by atoms with van der Waals surface area (Å²) in [5, 5.41) is 8.05. The van der Waals surface area contributed by atoms with Gasteiger partial charge in [0.1, 0.15) is 11.5 Å². The molecule has 0 aliphatic carbocycles. The molecule has 30 heavy (non-hydrogen) atoms. The fourth-order valence-electron chi connectivity index (χ4n) is 3.54. The molecule has 1 amide bonds. The number of benzene rings is 1. The van der Waals surface area contributed by atoms with Gasteiger partial charge in [-0.1, -0.05) is 6.92 Å². The van der Waals surface area contributed by atoms with Crippen molar-refractivity contribution in [3.8, 4) is 11.4 Å². The van der Waals surface area contributed by atoms with Crippen LogP contribution in [0.4, 0.5) is 17.6 Å². The number of pyridine rings is 1. The van der Waals surface area contributed by atoms with E-state index in [-0.39, 0.29) is 11.5 Å². The molecule has 9 heteroatoms. The first-order chi connectivity index (χ1) is 14.1. The molecule has 0 N–H and O–H groups in total. The fraction of sp³-hybridized carbons (Fsp3) is 0.238. The molecule has 1 aliphatic heterocycles. The number of aromatic nitrogens is 3. The largest absolute Gasteiger partial charge is 0.416 e. The zero-order valence-corrected chi connectivity index (χ0v) is 16.0. The third kappa shape index (κ3) is 3.51. The Morgan fingerprint density at radius 2 is 1.90 bits per heavy atom. The Morgan fingerprint density at radius 3 is 2.63 bits per heavy atom. The van der Waals surface area contributed by atoms with Gasteiger partial charge in [0.15, 0.2) is 0 Å². The van der Waals surface area contributed by atoms with Gasteiger partial charge in [-0.15, -0.1) is 5.10 Å². The van der Waals surface area contributed by atoms with E-state index >= 15 is 0 Å². The molecule has 3 heterocycles. The summed E-state index contributed by atoms with van der Waals surface area (Å²) in [6.45, 7) is 2.04. The lowest BCUT2D eigenvalue weighted by Gasteiger charge is -2.16. The highest BCUT2D eigenvalue weighted by Gasteiger charge is 2.32. The predicted octanol–water partition coefficient (Wildman–Crippen LogP) is 4.43. The molecule has 3 aromatic rings. The van der Waals surface area contributed by atoms with Crippen molar-refractivity contribution in [3.63, 3.8) is 0 Å². The van der Waals surface area contributed by atoms with Crippen molar-refractivity contribution in [2.75, 3.05) is 7.05 Å². The standard InChI is InChI=1S/C21H16F4N4O/c1-11(12-5-14(21(23,24)25)8-15(22)6-12)13-7-18(28-27-9-13)19-17-10-29(2)20(30)16(17)3-4-26-19/h3-9,11H,10H2,1-2H3/t11-/m1/s1. The van der Waals surface area contributed by atoms with Crippen LogP contribution in [0.25, 0.3) is 11.4 Å². The summed E-state index contributed by atoms with van der Waals surface area (Å²) in [5.74, 6) is -1.65. The molecule has 0 fully saturated rings. The van der Waals surface area contributed by atoms with Gasteiger partial charge in [-0.05, 0) is 41.5 Å². The molecule has 5 nitrogen and oxygen atoms in total. The number of hydrogen-bond donors (Lipinski definition) is 0. The van der Waals surface area contributed by atoms with E-state index in [1.54, 1.807) is 31.0 Å². The van der Waals surface area contributed by atoms with E-state index in [1.807, 2.05) is 0 Å². The van der Waals surface area contributed by atoms with Crippen LogP contribution < -0.4 is 0 Å². The van der Waals surface area contributed by atoms with E-state index in [9.17, 15) is 22.4 Å². The molecule has 0 bridgehead atoms. The summed E-state index contributed by atoms with van der Waals surface area (Å²) in [6.07, 6.45) is -1.72. The number of alkyl halides is 3. The van der Waals surface area contributed by atoms with Gasteiger partial charge in [-0.2, -0.15) is 18.3 Å². The summed E-state index contributed by atoms with van der Waals surface area (Å²) >= 11 is 0. The highest BCUT2D eigenvalue weighted by molar-refractivity contribution is 5.99. The molecular formula is C21H16F4N4O. The monoisotopic (exact) mass is 416 g/mol.